The Balaban J connectivity index is 1.60. The van der Waals surface area contributed by atoms with E-state index in [-0.39, 0.29) is 11.5 Å². The molecule has 0 aliphatic carbocycles. The van der Waals surface area contributed by atoms with Gasteiger partial charge in [-0.15, -0.1) is 0 Å². The Morgan fingerprint density at radius 2 is 2.09 bits per heavy atom. The van der Waals surface area contributed by atoms with Crippen molar-refractivity contribution < 1.29 is 14.1 Å². The first-order valence-electron chi connectivity index (χ1n) is 7.22. The Hall–Kier alpha value is -1.24. The fourth-order valence-electron chi connectivity index (χ4n) is 2.72. The zero-order valence-corrected chi connectivity index (χ0v) is 14.4. The van der Waals surface area contributed by atoms with Crippen molar-refractivity contribution in [2.24, 2.45) is 0 Å². The van der Waals surface area contributed by atoms with Crippen molar-refractivity contribution in [3.8, 4) is 0 Å². The minimum Gasteiger partial charge on any atom is -0.328 e. The molecule has 116 valence electrons. The van der Waals surface area contributed by atoms with Gasteiger partial charge in [-0.25, -0.2) is 4.39 Å². The van der Waals surface area contributed by atoms with Gasteiger partial charge in [0.1, 0.15) is 12.4 Å². The van der Waals surface area contributed by atoms with E-state index in [0.717, 1.165) is 19.6 Å². The van der Waals surface area contributed by atoms with Crippen molar-refractivity contribution in [2.75, 3.05) is 26.2 Å². The molecule has 0 bridgehead atoms. The first-order chi connectivity index (χ1) is 10.6. The summed E-state index contributed by atoms with van der Waals surface area (Å²) in [6.45, 7) is 4.15. The summed E-state index contributed by atoms with van der Waals surface area (Å²) >= 11 is 4.92. The van der Waals surface area contributed by atoms with Crippen molar-refractivity contribution in [3.63, 3.8) is 0 Å². The van der Waals surface area contributed by atoms with Crippen LogP contribution in [0.5, 0.6) is 0 Å². The number of nitrogens with zero attached hydrogens (tertiary/aromatic N) is 1. The van der Waals surface area contributed by atoms with Gasteiger partial charge in [-0.05, 0) is 35.0 Å². The molecule has 1 aliphatic rings. The number of thiophene rings is 1. The molecule has 0 unspecified atom stereocenters. The molecule has 3 nitrogen and oxygen atoms in total. The average Bonchev–Trinajstić information content (AvgIpc) is 3.00. The highest BCUT2D eigenvalue weighted by molar-refractivity contribution is 9.10. The number of carbonyl (C=O) groups is 1. The van der Waals surface area contributed by atoms with Crippen LogP contribution < -0.4 is 4.90 Å². The molecular weight excluding hydrogens is 367 g/mol. The van der Waals surface area contributed by atoms with Crippen LogP contribution in [0.1, 0.15) is 15.9 Å². The third-order valence-corrected chi connectivity index (χ3v) is 5.18. The molecule has 0 saturated carbocycles. The highest BCUT2D eigenvalue weighted by atomic mass is 79.9. The third kappa shape index (κ3) is 3.56. The quantitative estimate of drug-likeness (QED) is 0.863. The van der Waals surface area contributed by atoms with Gasteiger partial charge in [-0.3, -0.25) is 4.79 Å². The number of rotatable bonds is 3. The van der Waals surface area contributed by atoms with Crippen LogP contribution >= 0.6 is 27.3 Å². The van der Waals surface area contributed by atoms with Crippen molar-refractivity contribution in [3.05, 3.63) is 56.4 Å². The van der Waals surface area contributed by atoms with Crippen LogP contribution in [0.2, 0.25) is 0 Å². The number of benzene rings is 1. The zero-order chi connectivity index (χ0) is 15.5. The van der Waals surface area contributed by atoms with E-state index in [1.165, 1.54) is 16.5 Å². The van der Waals surface area contributed by atoms with Crippen LogP contribution in [0.15, 0.2) is 39.5 Å². The number of amides is 1. The predicted molar refractivity (Wildman–Crippen MR) is 88.7 cm³/mol. The smallest absolute Gasteiger partial charge is 0.257 e. The Bertz CT molecular complexity index is 654. The maximum Gasteiger partial charge on any atom is 0.257 e. The summed E-state index contributed by atoms with van der Waals surface area (Å²) in [7, 11) is 0. The summed E-state index contributed by atoms with van der Waals surface area (Å²) in [6.07, 6.45) is 0. The molecule has 0 radical (unpaired) electrons. The zero-order valence-electron chi connectivity index (χ0n) is 12.0. The number of piperazine rings is 1. The van der Waals surface area contributed by atoms with E-state index >= 15 is 0 Å². The van der Waals surface area contributed by atoms with Crippen LogP contribution in [0.25, 0.3) is 0 Å². The van der Waals surface area contributed by atoms with Gasteiger partial charge in [0.15, 0.2) is 0 Å². The minimum atomic E-state index is -0.465. The lowest BCUT2D eigenvalue weighted by atomic mass is 10.1. The molecule has 0 atom stereocenters. The van der Waals surface area contributed by atoms with Crippen LogP contribution in [0.4, 0.5) is 4.39 Å². The van der Waals surface area contributed by atoms with E-state index in [1.807, 2.05) is 0 Å². The Morgan fingerprint density at radius 1 is 1.32 bits per heavy atom. The SMILES string of the molecule is O=C(c1ccc(Br)cc1F)N1CC[NH+](Cc2ccsc2)CC1. The molecule has 1 saturated heterocycles. The first kappa shape index (κ1) is 15.6. The van der Waals surface area contributed by atoms with Gasteiger partial charge in [-0.1, -0.05) is 15.9 Å². The number of hydrogen-bond acceptors (Lipinski definition) is 2. The van der Waals surface area contributed by atoms with Crippen molar-refractivity contribution >= 4 is 33.2 Å². The van der Waals surface area contributed by atoms with Gasteiger partial charge in [-0.2, -0.15) is 11.3 Å². The van der Waals surface area contributed by atoms with Gasteiger partial charge in [0.05, 0.1) is 31.7 Å². The topological polar surface area (TPSA) is 24.8 Å². The van der Waals surface area contributed by atoms with E-state index in [9.17, 15) is 9.18 Å². The Morgan fingerprint density at radius 3 is 2.73 bits per heavy atom. The van der Waals surface area contributed by atoms with Gasteiger partial charge < -0.3 is 9.80 Å². The van der Waals surface area contributed by atoms with E-state index in [4.69, 9.17) is 0 Å². The summed E-state index contributed by atoms with van der Waals surface area (Å²) in [6, 6.07) is 6.73. The molecule has 1 fully saturated rings. The minimum absolute atomic E-state index is 0.157. The molecule has 2 aromatic rings. The normalized spacial score (nSPS) is 16.0. The first-order valence-corrected chi connectivity index (χ1v) is 8.96. The van der Waals surface area contributed by atoms with Crippen LogP contribution in [-0.4, -0.2) is 37.0 Å². The number of hydrogen-bond donors (Lipinski definition) is 1. The van der Waals surface area contributed by atoms with Gasteiger partial charge >= 0.3 is 0 Å². The molecule has 22 heavy (non-hydrogen) atoms. The summed E-state index contributed by atoms with van der Waals surface area (Å²) in [5.74, 6) is -0.674. The fourth-order valence-corrected chi connectivity index (χ4v) is 3.72. The van der Waals surface area contributed by atoms with Crippen molar-refractivity contribution in [2.45, 2.75) is 6.54 Å². The molecule has 3 rings (SSSR count). The third-order valence-electron chi connectivity index (χ3n) is 3.95. The molecule has 1 aliphatic heterocycles. The highest BCUT2D eigenvalue weighted by Crippen LogP contribution is 2.17. The molecule has 2 heterocycles. The van der Waals surface area contributed by atoms with E-state index in [2.05, 4.69) is 32.8 Å². The fraction of sp³-hybridized carbons (Fsp3) is 0.312. The predicted octanol–water partition coefficient (Wildman–Crippen LogP) is 2.19. The summed E-state index contributed by atoms with van der Waals surface area (Å²) in [5.41, 5.74) is 1.50. The van der Waals surface area contributed by atoms with E-state index < -0.39 is 5.82 Å². The molecular formula is C16H17BrFN2OS+. The highest BCUT2D eigenvalue weighted by Gasteiger charge is 2.26. The van der Waals surface area contributed by atoms with Gasteiger partial charge in [0.2, 0.25) is 0 Å². The molecule has 1 aromatic heterocycles. The van der Waals surface area contributed by atoms with Gasteiger partial charge in [0.25, 0.3) is 5.91 Å². The maximum absolute atomic E-state index is 13.9. The molecule has 1 aromatic carbocycles. The number of quaternary nitrogens is 1. The molecule has 0 spiro atoms. The largest absolute Gasteiger partial charge is 0.328 e. The standard InChI is InChI=1S/C16H16BrFN2OS/c17-13-1-2-14(15(18)9-13)16(21)20-6-4-19(5-7-20)10-12-3-8-22-11-12/h1-3,8-9,11H,4-7,10H2/p+1. The number of carbonyl (C=O) groups excluding carboxylic acids is 1. The summed E-state index contributed by atoms with van der Waals surface area (Å²) in [5, 5.41) is 4.26. The molecule has 6 heteroatoms. The maximum atomic E-state index is 13.9. The second-order valence-electron chi connectivity index (χ2n) is 5.47. The Kier molecular flexibility index (Phi) is 4.90. The second kappa shape index (κ2) is 6.89. The van der Waals surface area contributed by atoms with Crippen molar-refractivity contribution in [1.29, 1.82) is 0 Å². The number of nitrogens with one attached hydrogen (secondary N) is 1. The van der Waals surface area contributed by atoms with Crippen LogP contribution in [-0.2, 0) is 6.54 Å². The monoisotopic (exact) mass is 383 g/mol. The lowest BCUT2D eigenvalue weighted by Gasteiger charge is -2.32. The molecule has 1 N–H and O–H groups in total. The second-order valence-corrected chi connectivity index (χ2v) is 7.17. The Labute approximate surface area is 141 Å². The van der Waals surface area contributed by atoms with E-state index in [1.54, 1.807) is 28.4 Å². The average molecular weight is 384 g/mol. The van der Waals surface area contributed by atoms with Gasteiger partial charge in [0, 0.05) is 10.0 Å². The summed E-state index contributed by atoms with van der Waals surface area (Å²) < 4.78 is 14.5. The van der Waals surface area contributed by atoms with E-state index in [0.29, 0.717) is 17.6 Å². The van der Waals surface area contributed by atoms with Crippen molar-refractivity contribution in [1.82, 2.24) is 4.90 Å². The number of halogens is 2. The lowest BCUT2D eigenvalue weighted by molar-refractivity contribution is -0.917. The van der Waals surface area contributed by atoms with Crippen LogP contribution in [0, 0.1) is 5.82 Å². The molecule has 1 amide bonds. The van der Waals surface area contributed by atoms with Crippen LogP contribution in [0.3, 0.4) is 0 Å². The lowest BCUT2D eigenvalue weighted by Crippen LogP contribution is -3.13. The summed E-state index contributed by atoms with van der Waals surface area (Å²) in [4.78, 5) is 15.6.